The Morgan fingerprint density at radius 2 is 1.84 bits per heavy atom. The van der Waals surface area contributed by atoms with Gasteiger partial charge in [-0.15, -0.1) is 0 Å². The summed E-state index contributed by atoms with van der Waals surface area (Å²) in [6.45, 7) is 1.21. The van der Waals surface area contributed by atoms with Crippen LogP contribution in [0.5, 0.6) is 0 Å². The van der Waals surface area contributed by atoms with E-state index < -0.39 is 18.8 Å². The second-order valence-electron chi connectivity index (χ2n) is 4.40. The third-order valence-electron chi connectivity index (χ3n) is 2.88. The van der Waals surface area contributed by atoms with Gasteiger partial charge in [-0.3, -0.25) is 4.90 Å². The minimum atomic E-state index is -4.25. The van der Waals surface area contributed by atoms with Crippen molar-refractivity contribution in [3.8, 4) is 0 Å². The molecule has 0 aliphatic carbocycles. The molecule has 0 fully saturated rings. The Bertz CT molecular complexity index is 378. The summed E-state index contributed by atoms with van der Waals surface area (Å²) in [5, 5.41) is 9.94. The number of aliphatic hydroxyl groups excluding tert-OH is 1. The number of nitrogens with two attached hydrogens (primary N) is 1. The first-order valence-electron chi connectivity index (χ1n) is 6.11. The molecule has 0 saturated carbocycles. The molecule has 0 aliphatic heterocycles. The summed E-state index contributed by atoms with van der Waals surface area (Å²) in [5.74, 6) is 0. The van der Waals surface area contributed by atoms with Gasteiger partial charge in [-0.2, -0.15) is 13.2 Å². The number of hydrogen-bond donors (Lipinski definition) is 2. The largest absolute Gasteiger partial charge is 0.401 e. The van der Waals surface area contributed by atoms with E-state index in [1.807, 2.05) is 0 Å². The Balaban J connectivity index is 2.63. The van der Waals surface area contributed by atoms with Gasteiger partial charge in [0, 0.05) is 13.1 Å². The molecular weight excluding hydrogens is 257 g/mol. The minimum Gasteiger partial charge on any atom is -0.387 e. The Morgan fingerprint density at radius 1 is 1.26 bits per heavy atom. The number of halogens is 3. The monoisotopic (exact) mass is 276 g/mol. The van der Waals surface area contributed by atoms with Crippen molar-refractivity contribution >= 4 is 0 Å². The molecule has 1 rings (SSSR count). The van der Waals surface area contributed by atoms with Gasteiger partial charge in [0.15, 0.2) is 0 Å². The highest BCUT2D eigenvalue weighted by atomic mass is 19.4. The van der Waals surface area contributed by atoms with E-state index in [1.165, 1.54) is 4.90 Å². The van der Waals surface area contributed by atoms with Crippen molar-refractivity contribution in [1.82, 2.24) is 4.90 Å². The fraction of sp³-hybridized carbons (Fsp3) is 0.538. The van der Waals surface area contributed by atoms with Crippen LogP contribution in [0.2, 0.25) is 0 Å². The van der Waals surface area contributed by atoms with Crippen LogP contribution in [-0.2, 0) is 6.54 Å². The first kappa shape index (κ1) is 15.9. The molecule has 19 heavy (non-hydrogen) atoms. The number of hydrogen-bond acceptors (Lipinski definition) is 3. The van der Waals surface area contributed by atoms with Crippen molar-refractivity contribution in [3.63, 3.8) is 0 Å². The zero-order valence-electron chi connectivity index (χ0n) is 10.8. The van der Waals surface area contributed by atoms with Gasteiger partial charge in [-0.25, -0.2) is 0 Å². The summed E-state index contributed by atoms with van der Waals surface area (Å²) < 4.78 is 36.9. The van der Waals surface area contributed by atoms with Gasteiger partial charge in [0.25, 0.3) is 0 Å². The van der Waals surface area contributed by atoms with Crippen LogP contribution in [0.1, 0.15) is 24.2 Å². The molecule has 0 saturated heterocycles. The van der Waals surface area contributed by atoms with Crippen LogP contribution in [0.3, 0.4) is 0 Å². The Morgan fingerprint density at radius 3 is 2.26 bits per heavy atom. The van der Waals surface area contributed by atoms with Crippen LogP contribution in [0.25, 0.3) is 0 Å². The molecule has 108 valence electrons. The molecule has 0 heterocycles. The highest BCUT2D eigenvalue weighted by molar-refractivity contribution is 5.24. The van der Waals surface area contributed by atoms with E-state index >= 15 is 0 Å². The van der Waals surface area contributed by atoms with E-state index in [-0.39, 0.29) is 13.1 Å². The van der Waals surface area contributed by atoms with E-state index in [0.717, 1.165) is 5.56 Å². The minimum absolute atomic E-state index is 0.0437. The molecule has 1 aromatic carbocycles. The number of rotatable bonds is 6. The van der Waals surface area contributed by atoms with Crippen LogP contribution >= 0.6 is 0 Å². The molecule has 1 unspecified atom stereocenters. The van der Waals surface area contributed by atoms with Crippen LogP contribution < -0.4 is 5.73 Å². The highest BCUT2D eigenvalue weighted by Gasteiger charge is 2.30. The van der Waals surface area contributed by atoms with Gasteiger partial charge in [0.1, 0.15) is 0 Å². The fourth-order valence-corrected chi connectivity index (χ4v) is 1.78. The maximum absolute atomic E-state index is 12.3. The molecule has 0 aliphatic rings. The number of nitrogens with zero attached hydrogens (tertiary/aromatic N) is 1. The third-order valence-corrected chi connectivity index (χ3v) is 2.88. The number of alkyl halides is 3. The topological polar surface area (TPSA) is 49.5 Å². The van der Waals surface area contributed by atoms with Crippen LogP contribution in [0, 0.1) is 0 Å². The molecule has 0 bridgehead atoms. The van der Waals surface area contributed by atoms with Crippen molar-refractivity contribution in [2.45, 2.75) is 25.7 Å². The van der Waals surface area contributed by atoms with Crippen molar-refractivity contribution in [2.75, 3.05) is 19.6 Å². The zero-order chi connectivity index (χ0) is 14.5. The molecule has 1 atom stereocenters. The fourth-order valence-electron chi connectivity index (χ4n) is 1.78. The summed E-state index contributed by atoms with van der Waals surface area (Å²) in [7, 11) is 0. The number of likely N-dealkylation sites (N-methyl/N-ethyl adjacent to an activating group) is 1. The second-order valence-corrected chi connectivity index (χ2v) is 4.40. The van der Waals surface area contributed by atoms with Crippen LogP contribution in [0.4, 0.5) is 13.2 Å². The van der Waals surface area contributed by atoms with Crippen LogP contribution in [0.15, 0.2) is 24.3 Å². The quantitative estimate of drug-likeness (QED) is 0.836. The molecular formula is C13H19F3N2O. The summed E-state index contributed by atoms with van der Waals surface area (Å²) in [4.78, 5) is 1.17. The standard InChI is InChI=1S/C13H19F3N2O/c1-2-18(9-13(14,15)16)8-12(19)11-5-3-10(7-17)4-6-11/h3-6,12,19H,2,7-9,17H2,1H3. The van der Waals surface area contributed by atoms with Crippen molar-refractivity contribution in [3.05, 3.63) is 35.4 Å². The number of aliphatic hydroxyl groups is 1. The van der Waals surface area contributed by atoms with Gasteiger partial charge in [-0.1, -0.05) is 31.2 Å². The lowest BCUT2D eigenvalue weighted by atomic mass is 10.1. The average Bonchev–Trinajstić information content (AvgIpc) is 2.36. The van der Waals surface area contributed by atoms with Gasteiger partial charge < -0.3 is 10.8 Å². The lowest BCUT2D eigenvalue weighted by Crippen LogP contribution is -2.36. The molecule has 1 aromatic rings. The van der Waals surface area contributed by atoms with E-state index in [2.05, 4.69) is 0 Å². The van der Waals surface area contributed by atoms with Crippen molar-refractivity contribution < 1.29 is 18.3 Å². The van der Waals surface area contributed by atoms with Crippen molar-refractivity contribution in [2.24, 2.45) is 5.73 Å². The highest BCUT2D eigenvalue weighted by Crippen LogP contribution is 2.20. The van der Waals surface area contributed by atoms with E-state index in [1.54, 1.807) is 31.2 Å². The summed E-state index contributed by atoms with van der Waals surface area (Å²) in [6, 6.07) is 6.90. The summed E-state index contributed by atoms with van der Waals surface area (Å²) in [5.41, 5.74) is 6.96. The van der Waals surface area contributed by atoms with E-state index in [4.69, 9.17) is 5.73 Å². The van der Waals surface area contributed by atoms with Gasteiger partial charge in [0.05, 0.1) is 12.6 Å². The second kappa shape index (κ2) is 6.88. The van der Waals surface area contributed by atoms with Gasteiger partial charge in [-0.05, 0) is 17.7 Å². The molecule has 0 radical (unpaired) electrons. The first-order chi connectivity index (χ1) is 8.85. The van der Waals surface area contributed by atoms with Crippen LogP contribution in [-0.4, -0.2) is 35.8 Å². The molecule has 0 aromatic heterocycles. The first-order valence-corrected chi connectivity index (χ1v) is 6.11. The predicted octanol–water partition coefficient (Wildman–Crippen LogP) is 2.06. The van der Waals surface area contributed by atoms with Gasteiger partial charge in [0.2, 0.25) is 0 Å². The molecule has 0 spiro atoms. The lowest BCUT2D eigenvalue weighted by molar-refractivity contribution is -0.148. The smallest absolute Gasteiger partial charge is 0.387 e. The SMILES string of the molecule is CCN(CC(O)c1ccc(CN)cc1)CC(F)(F)F. The van der Waals surface area contributed by atoms with Crippen molar-refractivity contribution in [1.29, 1.82) is 0 Å². The Labute approximate surface area is 110 Å². The summed E-state index contributed by atoms with van der Waals surface area (Å²) in [6.07, 6.45) is -5.19. The predicted molar refractivity (Wildman–Crippen MR) is 67.5 cm³/mol. The maximum Gasteiger partial charge on any atom is 0.401 e. The van der Waals surface area contributed by atoms with Gasteiger partial charge >= 0.3 is 6.18 Å². The maximum atomic E-state index is 12.3. The normalized spacial score (nSPS) is 13.8. The molecule has 3 N–H and O–H groups in total. The molecule has 0 amide bonds. The summed E-state index contributed by atoms with van der Waals surface area (Å²) >= 11 is 0. The Kier molecular flexibility index (Phi) is 5.78. The molecule has 3 nitrogen and oxygen atoms in total. The Hall–Kier alpha value is -1.11. The third kappa shape index (κ3) is 5.59. The molecule has 6 heteroatoms. The lowest BCUT2D eigenvalue weighted by Gasteiger charge is -2.24. The number of benzene rings is 1. The van der Waals surface area contributed by atoms with E-state index in [9.17, 15) is 18.3 Å². The average molecular weight is 276 g/mol. The van der Waals surface area contributed by atoms with E-state index in [0.29, 0.717) is 12.1 Å². The zero-order valence-corrected chi connectivity index (χ0v) is 10.8.